The molecule has 0 aromatic carbocycles. The Morgan fingerprint density at radius 3 is 2.64 bits per heavy atom. The average molecular weight is 219 g/mol. The summed E-state index contributed by atoms with van der Waals surface area (Å²) in [6.45, 7) is 1.85. The molecule has 0 aliphatic carbocycles. The molecule has 0 unspecified atom stereocenters. The topological polar surface area (TPSA) is 69.4 Å². The predicted molar refractivity (Wildman–Crippen MR) is 57.0 cm³/mol. The molecule has 0 aliphatic heterocycles. The first-order valence-corrected chi connectivity index (χ1v) is 6.00. The van der Waals surface area contributed by atoms with E-state index in [2.05, 4.69) is 4.74 Å². The van der Waals surface area contributed by atoms with Crippen molar-refractivity contribution in [3.05, 3.63) is 0 Å². The normalized spacial score (nSPS) is 12.2. The Labute approximate surface area is 88.6 Å². The molecule has 0 aromatic rings. The summed E-state index contributed by atoms with van der Waals surface area (Å²) < 4.78 is 4.54. The van der Waals surface area contributed by atoms with Crippen LogP contribution in [0.4, 0.5) is 0 Å². The highest BCUT2D eigenvalue weighted by atomic mass is 32.2. The maximum Gasteiger partial charge on any atom is 0.330 e. The van der Waals surface area contributed by atoms with Gasteiger partial charge in [0.2, 0.25) is 0 Å². The minimum atomic E-state index is -0.678. The molecule has 2 N–H and O–H groups in total. The fourth-order valence-corrected chi connectivity index (χ4v) is 1.30. The summed E-state index contributed by atoms with van der Waals surface area (Å²) in [6.07, 6.45) is 3.41. The van der Waals surface area contributed by atoms with Gasteiger partial charge in [-0.2, -0.15) is 11.8 Å². The van der Waals surface area contributed by atoms with Crippen LogP contribution in [0, 0.1) is 0 Å². The number of rotatable bonds is 6. The van der Waals surface area contributed by atoms with E-state index in [4.69, 9.17) is 5.73 Å². The van der Waals surface area contributed by atoms with Gasteiger partial charge in [0, 0.05) is 6.42 Å². The maximum atomic E-state index is 11.2. The lowest BCUT2D eigenvalue weighted by molar-refractivity contribution is -0.160. The molecule has 1 atom stereocenters. The van der Waals surface area contributed by atoms with Gasteiger partial charge in [0.05, 0.1) is 0 Å². The van der Waals surface area contributed by atoms with Crippen LogP contribution in [-0.4, -0.2) is 30.0 Å². The van der Waals surface area contributed by atoms with Crippen LogP contribution in [0.5, 0.6) is 0 Å². The van der Waals surface area contributed by atoms with E-state index in [9.17, 15) is 9.59 Å². The first-order chi connectivity index (χ1) is 6.61. The maximum absolute atomic E-state index is 11.2. The summed E-state index contributed by atoms with van der Waals surface area (Å²) in [5.41, 5.74) is 5.51. The summed E-state index contributed by atoms with van der Waals surface area (Å²) >= 11 is 1.60. The fraction of sp³-hybridized carbons (Fsp3) is 0.778. The Morgan fingerprint density at radius 2 is 2.14 bits per heavy atom. The van der Waals surface area contributed by atoms with Crippen molar-refractivity contribution in [2.45, 2.75) is 32.2 Å². The van der Waals surface area contributed by atoms with Gasteiger partial charge in [-0.3, -0.25) is 4.79 Å². The lowest BCUT2D eigenvalue weighted by Crippen LogP contribution is -2.34. The number of ether oxygens (including phenoxy) is 1. The summed E-state index contributed by atoms with van der Waals surface area (Å²) in [7, 11) is 0. The predicted octanol–water partition coefficient (Wildman–Crippen LogP) is 0.937. The molecule has 0 bridgehead atoms. The van der Waals surface area contributed by atoms with Crippen LogP contribution in [0.1, 0.15) is 26.2 Å². The zero-order valence-electron chi connectivity index (χ0n) is 8.62. The van der Waals surface area contributed by atoms with Crippen LogP contribution in [0.2, 0.25) is 0 Å². The minimum Gasteiger partial charge on any atom is -0.392 e. The Bertz CT molecular complexity index is 196. The van der Waals surface area contributed by atoms with E-state index >= 15 is 0 Å². The van der Waals surface area contributed by atoms with Crippen LogP contribution >= 0.6 is 11.8 Å². The van der Waals surface area contributed by atoms with Crippen molar-refractivity contribution in [3.8, 4) is 0 Å². The van der Waals surface area contributed by atoms with Gasteiger partial charge in [0.25, 0.3) is 0 Å². The fourth-order valence-electron chi connectivity index (χ4n) is 0.806. The van der Waals surface area contributed by atoms with Crippen molar-refractivity contribution < 1.29 is 14.3 Å². The molecule has 0 amide bonds. The molecular weight excluding hydrogens is 202 g/mol. The van der Waals surface area contributed by atoms with Gasteiger partial charge in [-0.15, -0.1) is 0 Å². The number of carbonyl (C=O) groups is 2. The van der Waals surface area contributed by atoms with Crippen molar-refractivity contribution in [1.82, 2.24) is 0 Å². The second-order valence-corrected chi connectivity index (χ2v) is 3.92. The van der Waals surface area contributed by atoms with Crippen molar-refractivity contribution >= 4 is 23.7 Å². The monoisotopic (exact) mass is 219 g/mol. The average Bonchev–Trinajstić information content (AvgIpc) is 2.14. The van der Waals surface area contributed by atoms with Crippen molar-refractivity contribution in [3.63, 3.8) is 0 Å². The zero-order valence-corrected chi connectivity index (χ0v) is 9.43. The van der Waals surface area contributed by atoms with E-state index < -0.39 is 18.0 Å². The van der Waals surface area contributed by atoms with Crippen LogP contribution in [0.15, 0.2) is 0 Å². The molecule has 0 rings (SSSR count). The lowest BCUT2D eigenvalue weighted by atomic mass is 10.2. The molecule has 0 saturated carbocycles. The third-order valence-corrected chi connectivity index (χ3v) is 2.25. The zero-order chi connectivity index (χ0) is 11.0. The summed E-state index contributed by atoms with van der Waals surface area (Å²) in [5, 5.41) is 0. The highest BCUT2D eigenvalue weighted by Gasteiger charge is 2.17. The van der Waals surface area contributed by atoms with E-state index in [0.717, 1.165) is 5.75 Å². The van der Waals surface area contributed by atoms with Crippen molar-refractivity contribution in [2.75, 3.05) is 12.0 Å². The molecule has 0 heterocycles. The smallest absolute Gasteiger partial charge is 0.330 e. The molecule has 0 spiro atoms. The number of nitrogens with two attached hydrogens (primary N) is 1. The molecule has 0 aliphatic rings. The number of hydrogen-bond donors (Lipinski definition) is 1. The van der Waals surface area contributed by atoms with E-state index in [-0.39, 0.29) is 6.42 Å². The number of esters is 2. The molecular formula is C9H17NO3S. The van der Waals surface area contributed by atoms with Crippen LogP contribution < -0.4 is 5.73 Å². The van der Waals surface area contributed by atoms with Gasteiger partial charge in [0.1, 0.15) is 6.04 Å². The van der Waals surface area contributed by atoms with Crippen LogP contribution in [0.3, 0.4) is 0 Å². The van der Waals surface area contributed by atoms with E-state index in [1.807, 2.05) is 13.2 Å². The SMILES string of the molecule is CCCC(=O)OC(=O)[C@@H](N)CCSC. The lowest BCUT2D eigenvalue weighted by Gasteiger charge is -2.08. The molecule has 0 saturated heterocycles. The molecule has 4 nitrogen and oxygen atoms in total. The molecule has 0 aromatic heterocycles. The number of thioether (sulfide) groups is 1. The van der Waals surface area contributed by atoms with Gasteiger partial charge in [-0.25, -0.2) is 4.79 Å². The summed E-state index contributed by atoms with van der Waals surface area (Å²) in [5.74, 6) is -0.312. The largest absolute Gasteiger partial charge is 0.392 e. The summed E-state index contributed by atoms with van der Waals surface area (Å²) in [6, 6.07) is -0.678. The van der Waals surface area contributed by atoms with Crippen LogP contribution in [-0.2, 0) is 14.3 Å². The van der Waals surface area contributed by atoms with Gasteiger partial charge >= 0.3 is 11.9 Å². The van der Waals surface area contributed by atoms with Gasteiger partial charge < -0.3 is 10.5 Å². The molecule has 82 valence electrons. The summed E-state index contributed by atoms with van der Waals surface area (Å²) in [4.78, 5) is 22.1. The molecule has 0 radical (unpaired) electrons. The quantitative estimate of drug-likeness (QED) is 0.532. The van der Waals surface area contributed by atoms with E-state index in [1.54, 1.807) is 11.8 Å². The first-order valence-electron chi connectivity index (χ1n) is 4.60. The third kappa shape index (κ3) is 5.99. The molecule has 0 fully saturated rings. The van der Waals surface area contributed by atoms with E-state index in [0.29, 0.717) is 12.8 Å². The van der Waals surface area contributed by atoms with Crippen LogP contribution in [0.25, 0.3) is 0 Å². The van der Waals surface area contributed by atoms with Crippen molar-refractivity contribution in [2.24, 2.45) is 5.73 Å². The third-order valence-electron chi connectivity index (χ3n) is 1.60. The highest BCUT2D eigenvalue weighted by Crippen LogP contribution is 2.01. The molecule has 5 heteroatoms. The second-order valence-electron chi connectivity index (χ2n) is 2.93. The van der Waals surface area contributed by atoms with Gasteiger partial charge in [-0.1, -0.05) is 6.92 Å². The Hall–Kier alpha value is -0.550. The molecule has 14 heavy (non-hydrogen) atoms. The first kappa shape index (κ1) is 13.4. The van der Waals surface area contributed by atoms with Gasteiger partial charge in [0.15, 0.2) is 0 Å². The Kier molecular flexibility index (Phi) is 7.51. The second kappa shape index (κ2) is 7.82. The minimum absolute atomic E-state index is 0.265. The Balaban J connectivity index is 3.76. The van der Waals surface area contributed by atoms with Crippen molar-refractivity contribution in [1.29, 1.82) is 0 Å². The highest BCUT2D eigenvalue weighted by molar-refractivity contribution is 7.98. The Morgan fingerprint density at radius 1 is 1.50 bits per heavy atom. The number of carbonyl (C=O) groups excluding carboxylic acids is 2. The number of hydrogen-bond acceptors (Lipinski definition) is 5. The van der Waals surface area contributed by atoms with E-state index in [1.165, 1.54) is 0 Å². The van der Waals surface area contributed by atoms with Gasteiger partial charge in [-0.05, 0) is 24.9 Å². The standard InChI is InChI=1S/C9H17NO3S/c1-3-4-8(11)13-9(12)7(10)5-6-14-2/h7H,3-6,10H2,1-2H3/t7-/m0/s1.